The van der Waals surface area contributed by atoms with Gasteiger partial charge in [-0.1, -0.05) is 6.92 Å². The van der Waals surface area contributed by atoms with E-state index in [0.29, 0.717) is 18.5 Å². The fourth-order valence-electron chi connectivity index (χ4n) is 1.99. The van der Waals surface area contributed by atoms with Gasteiger partial charge < -0.3 is 10.6 Å². The maximum absolute atomic E-state index is 13.6. The zero-order chi connectivity index (χ0) is 13.2. The van der Waals surface area contributed by atoms with Gasteiger partial charge in [-0.25, -0.2) is 13.8 Å². The average molecular weight is 255 g/mol. The monoisotopic (exact) mass is 255 g/mol. The summed E-state index contributed by atoms with van der Waals surface area (Å²) >= 11 is 0. The molecule has 100 valence electrons. The van der Waals surface area contributed by atoms with Gasteiger partial charge in [-0.3, -0.25) is 0 Å². The average Bonchev–Trinajstić information content (AvgIpc) is 3.12. The zero-order valence-electron chi connectivity index (χ0n) is 10.8. The SMILES string of the molecule is CCNc1nc(NCC2(CC)CC2)c(F)cc1F. The van der Waals surface area contributed by atoms with Gasteiger partial charge in [0.05, 0.1) is 0 Å². The Labute approximate surface area is 106 Å². The van der Waals surface area contributed by atoms with Crippen molar-refractivity contribution in [3.05, 3.63) is 17.7 Å². The van der Waals surface area contributed by atoms with Crippen LogP contribution in [-0.2, 0) is 0 Å². The molecule has 0 aromatic carbocycles. The lowest BCUT2D eigenvalue weighted by Crippen LogP contribution is -2.17. The molecule has 1 heterocycles. The Morgan fingerprint density at radius 2 is 1.78 bits per heavy atom. The Balaban J connectivity index is 2.09. The minimum atomic E-state index is -0.656. The molecule has 0 amide bonds. The van der Waals surface area contributed by atoms with Crippen molar-refractivity contribution in [2.75, 3.05) is 23.7 Å². The largest absolute Gasteiger partial charge is 0.368 e. The van der Waals surface area contributed by atoms with Gasteiger partial charge in [-0.15, -0.1) is 0 Å². The summed E-state index contributed by atoms with van der Waals surface area (Å²) in [6.07, 6.45) is 3.40. The van der Waals surface area contributed by atoms with Gasteiger partial charge in [0, 0.05) is 19.2 Å². The number of hydrogen-bond acceptors (Lipinski definition) is 3. The molecule has 0 spiro atoms. The minimum Gasteiger partial charge on any atom is -0.368 e. The van der Waals surface area contributed by atoms with Crippen molar-refractivity contribution < 1.29 is 8.78 Å². The van der Waals surface area contributed by atoms with E-state index in [0.717, 1.165) is 12.5 Å². The van der Waals surface area contributed by atoms with Crippen molar-refractivity contribution in [3.63, 3.8) is 0 Å². The van der Waals surface area contributed by atoms with Crippen molar-refractivity contribution in [1.29, 1.82) is 0 Å². The number of anilines is 2. The normalized spacial score (nSPS) is 16.4. The molecule has 0 saturated heterocycles. The highest BCUT2D eigenvalue weighted by atomic mass is 19.1. The predicted octanol–water partition coefficient (Wildman–Crippen LogP) is 3.39. The molecule has 2 rings (SSSR count). The van der Waals surface area contributed by atoms with Crippen LogP contribution in [0.15, 0.2) is 6.07 Å². The standard InChI is InChI=1S/C13H19F2N3/c1-3-13(5-6-13)8-17-12-10(15)7-9(14)11(18-12)16-4-2/h7H,3-6,8H2,1-2H3,(H2,16,17,18). The second-order valence-corrected chi connectivity index (χ2v) is 4.89. The van der Waals surface area contributed by atoms with Crippen molar-refractivity contribution in [2.45, 2.75) is 33.1 Å². The van der Waals surface area contributed by atoms with Crippen molar-refractivity contribution in [2.24, 2.45) is 5.41 Å². The smallest absolute Gasteiger partial charge is 0.168 e. The molecule has 0 bridgehead atoms. The molecule has 0 atom stereocenters. The highest BCUT2D eigenvalue weighted by Gasteiger charge is 2.40. The predicted molar refractivity (Wildman–Crippen MR) is 68.8 cm³/mol. The summed E-state index contributed by atoms with van der Waals surface area (Å²) in [6, 6.07) is 0.874. The van der Waals surface area contributed by atoms with Gasteiger partial charge in [0.15, 0.2) is 23.3 Å². The summed E-state index contributed by atoms with van der Waals surface area (Å²) in [7, 11) is 0. The fourth-order valence-corrected chi connectivity index (χ4v) is 1.99. The van der Waals surface area contributed by atoms with Gasteiger partial charge in [0.2, 0.25) is 0 Å². The Morgan fingerprint density at radius 1 is 1.17 bits per heavy atom. The zero-order valence-corrected chi connectivity index (χ0v) is 10.8. The number of hydrogen-bond donors (Lipinski definition) is 2. The molecule has 0 aliphatic heterocycles. The Kier molecular flexibility index (Phi) is 3.68. The summed E-state index contributed by atoms with van der Waals surface area (Å²) in [5.41, 5.74) is 0.293. The summed E-state index contributed by atoms with van der Waals surface area (Å²) in [6.45, 7) is 5.22. The third kappa shape index (κ3) is 2.71. The molecule has 2 N–H and O–H groups in total. The lowest BCUT2D eigenvalue weighted by atomic mass is 10.0. The number of rotatable bonds is 6. The Hall–Kier alpha value is -1.39. The maximum atomic E-state index is 13.6. The molecule has 1 saturated carbocycles. The van der Waals surface area contributed by atoms with E-state index in [-0.39, 0.29) is 11.6 Å². The quantitative estimate of drug-likeness (QED) is 0.818. The maximum Gasteiger partial charge on any atom is 0.168 e. The molecular formula is C13H19F2N3. The molecule has 1 aromatic heterocycles. The van der Waals surface area contributed by atoms with E-state index in [4.69, 9.17) is 0 Å². The molecule has 5 heteroatoms. The van der Waals surface area contributed by atoms with E-state index >= 15 is 0 Å². The van der Waals surface area contributed by atoms with Crippen LogP contribution in [0, 0.1) is 17.0 Å². The van der Waals surface area contributed by atoms with Crippen LogP contribution >= 0.6 is 0 Å². The Bertz CT molecular complexity index is 430. The van der Waals surface area contributed by atoms with Crippen LogP contribution in [0.2, 0.25) is 0 Å². The van der Waals surface area contributed by atoms with E-state index < -0.39 is 11.6 Å². The van der Waals surface area contributed by atoms with Gasteiger partial charge in [0.25, 0.3) is 0 Å². The molecule has 1 fully saturated rings. The lowest BCUT2D eigenvalue weighted by Gasteiger charge is -2.15. The van der Waals surface area contributed by atoms with Gasteiger partial charge >= 0.3 is 0 Å². The Morgan fingerprint density at radius 3 is 2.28 bits per heavy atom. The molecule has 18 heavy (non-hydrogen) atoms. The highest BCUT2D eigenvalue weighted by Crippen LogP contribution is 2.48. The van der Waals surface area contributed by atoms with Crippen LogP contribution in [0.1, 0.15) is 33.1 Å². The van der Waals surface area contributed by atoms with Gasteiger partial charge in [0.1, 0.15) is 0 Å². The summed E-state index contributed by atoms with van der Waals surface area (Å²) in [5, 5.41) is 5.78. The van der Waals surface area contributed by atoms with E-state index in [1.165, 1.54) is 12.8 Å². The number of pyridine rings is 1. The van der Waals surface area contributed by atoms with Crippen LogP contribution < -0.4 is 10.6 Å². The van der Waals surface area contributed by atoms with Crippen molar-refractivity contribution >= 4 is 11.6 Å². The second kappa shape index (κ2) is 5.08. The number of aromatic nitrogens is 1. The second-order valence-electron chi connectivity index (χ2n) is 4.89. The minimum absolute atomic E-state index is 0.0998. The first-order valence-electron chi connectivity index (χ1n) is 6.44. The molecule has 3 nitrogen and oxygen atoms in total. The number of halogens is 2. The summed E-state index contributed by atoms with van der Waals surface area (Å²) in [4.78, 5) is 3.95. The first kappa shape index (κ1) is 13.1. The van der Waals surface area contributed by atoms with Crippen LogP contribution in [0.4, 0.5) is 20.4 Å². The topological polar surface area (TPSA) is 37.0 Å². The summed E-state index contributed by atoms with van der Waals surface area (Å²) in [5.74, 6) is -1.06. The lowest BCUT2D eigenvalue weighted by molar-refractivity contribution is 0.516. The van der Waals surface area contributed by atoms with Crippen LogP contribution in [0.3, 0.4) is 0 Å². The fraction of sp³-hybridized carbons (Fsp3) is 0.615. The van der Waals surface area contributed by atoms with Crippen LogP contribution in [0.25, 0.3) is 0 Å². The van der Waals surface area contributed by atoms with Gasteiger partial charge in [-0.2, -0.15) is 0 Å². The first-order chi connectivity index (χ1) is 8.60. The van der Waals surface area contributed by atoms with E-state index in [1.54, 1.807) is 0 Å². The first-order valence-corrected chi connectivity index (χ1v) is 6.44. The van der Waals surface area contributed by atoms with Crippen molar-refractivity contribution in [1.82, 2.24) is 4.98 Å². The third-order valence-electron chi connectivity index (χ3n) is 3.61. The van der Waals surface area contributed by atoms with Crippen molar-refractivity contribution in [3.8, 4) is 0 Å². The summed E-state index contributed by atoms with van der Waals surface area (Å²) < 4.78 is 27.0. The van der Waals surface area contributed by atoms with Gasteiger partial charge in [-0.05, 0) is 31.6 Å². The van der Waals surface area contributed by atoms with E-state index in [1.807, 2.05) is 6.92 Å². The van der Waals surface area contributed by atoms with E-state index in [9.17, 15) is 8.78 Å². The molecule has 1 aliphatic carbocycles. The third-order valence-corrected chi connectivity index (χ3v) is 3.61. The molecule has 0 radical (unpaired) electrons. The van der Waals surface area contributed by atoms with Crippen LogP contribution in [0.5, 0.6) is 0 Å². The molecular weight excluding hydrogens is 236 g/mol. The molecule has 1 aromatic rings. The number of nitrogens with one attached hydrogen (secondary N) is 2. The highest BCUT2D eigenvalue weighted by molar-refractivity contribution is 5.47. The molecule has 0 unspecified atom stereocenters. The van der Waals surface area contributed by atoms with Crippen LogP contribution in [-0.4, -0.2) is 18.1 Å². The van der Waals surface area contributed by atoms with E-state index in [2.05, 4.69) is 22.5 Å². The molecule has 1 aliphatic rings. The number of nitrogens with zero attached hydrogens (tertiary/aromatic N) is 1.